The van der Waals surface area contributed by atoms with Gasteiger partial charge in [0.05, 0.1) is 18.5 Å². The standard InChI is InChI=1S/C15H18FN3O4/c1-5-22-13(20)9-8-17-19-7-6-10(11(16)12(9)19)18-14(21)23-15(2,3)4/h6-8H,5H2,1-4H3,(H,18,21). The molecule has 2 heterocycles. The van der Waals surface area contributed by atoms with E-state index in [1.807, 2.05) is 0 Å². The summed E-state index contributed by atoms with van der Waals surface area (Å²) in [5, 5.41) is 6.21. The molecule has 0 aliphatic heterocycles. The molecule has 0 saturated carbocycles. The first-order valence-corrected chi connectivity index (χ1v) is 7.06. The first-order valence-electron chi connectivity index (χ1n) is 7.06. The Morgan fingerprint density at radius 1 is 1.39 bits per heavy atom. The molecule has 23 heavy (non-hydrogen) atoms. The number of amides is 1. The Hall–Kier alpha value is -2.64. The van der Waals surface area contributed by atoms with Crippen molar-refractivity contribution in [2.24, 2.45) is 0 Å². The average molecular weight is 323 g/mol. The summed E-state index contributed by atoms with van der Waals surface area (Å²) in [6.45, 7) is 6.90. The number of rotatable bonds is 3. The number of hydrogen-bond donors (Lipinski definition) is 1. The second-order valence-corrected chi connectivity index (χ2v) is 5.74. The molecule has 2 rings (SSSR count). The van der Waals surface area contributed by atoms with Crippen LogP contribution in [0.15, 0.2) is 18.5 Å². The lowest BCUT2D eigenvalue weighted by atomic mass is 10.2. The Kier molecular flexibility index (Phi) is 4.53. The third kappa shape index (κ3) is 3.77. The molecule has 0 atom stereocenters. The van der Waals surface area contributed by atoms with Crippen LogP contribution in [-0.4, -0.2) is 33.9 Å². The van der Waals surface area contributed by atoms with Crippen LogP contribution in [0.5, 0.6) is 0 Å². The van der Waals surface area contributed by atoms with Crippen LogP contribution >= 0.6 is 0 Å². The molecule has 2 aromatic rings. The number of carbonyl (C=O) groups is 2. The van der Waals surface area contributed by atoms with Gasteiger partial charge in [0.1, 0.15) is 16.7 Å². The van der Waals surface area contributed by atoms with Crippen molar-refractivity contribution in [1.82, 2.24) is 9.61 Å². The SMILES string of the molecule is CCOC(=O)c1cnn2ccc(NC(=O)OC(C)(C)C)c(F)c12. The first-order chi connectivity index (χ1) is 10.7. The van der Waals surface area contributed by atoms with E-state index in [0.29, 0.717) is 0 Å². The molecule has 0 fully saturated rings. The number of nitrogens with one attached hydrogen (secondary N) is 1. The van der Waals surface area contributed by atoms with Gasteiger partial charge in [0.15, 0.2) is 5.82 Å². The third-order valence-electron chi connectivity index (χ3n) is 2.75. The monoisotopic (exact) mass is 323 g/mol. The van der Waals surface area contributed by atoms with Gasteiger partial charge in [-0.05, 0) is 33.8 Å². The highest BCUT2D eigenvalue weighted by Crippen LogP contribution is 2.23. The Morgan fingerprint density at radius 3 is 2.70 bits per heavy atom. The van der Waals surface area contributed by atoms with Crippen molar-refractivity contribution in [3.63, 3.8) is 0 Å². The summed E-state index contributed by atoms with van der Waals surface area (Å²) in [6.07, 6.45) is 1.85. The van der Waals surface area contributed by atoms with Crippen LogP contribution in [0.1, 0.15) is 38.1 Å². The Labute approximate surface area is 132 Å². The zero-order valence-corrected chi connectivity index (χ0v) is 13.3. The molecule has 0 spiro atoms. The largest absolute Gasteiger partial charge is 0.462 e. The van der Waals surface area contributed by atoms with E-state index >= 15 is 0 Å². The fourth-order valence-corrected chi connectivity index (χ4v) is 1.91. The fourth-order valence-electron chi connectivity index (χ4n) is 1.91. The summed E-state index contributed by atoms with van der Waals surface area (Å²) >= 11 is 0. The number of hydrogen-bond acceptors (Lipinski definition) is 5. The number of carbonyl (C=O) groups excluding carboxylic acids is 2. The molecule has 0 unspecified atom stereocenters. The highest BCUT2D eigenvalue weighted by Gasteiger charge is 2.22. The van der Waals surface area contributed by atoms with Crippen LogP contribution in [0.4, 0.5) is 14.9 Å². The highest BCUT2D eigenvalue weighted by atomic mass is 19.1. The lowest BCUT2D eigenvalue weighted by molar-refractivity contribution is 0.0527. The van der Waals surface area contributed by atoms with Gasteiger partial charge >= 0.3 is 12.1 Å². The van der Waals surface area contributed by atoms with Gasteiger partial charge in [-0.1, -0.05) is 0 Å². The lowest BCUT2D eigenvalue weighted by Gasteiger charge is -2.19. The van der Waals surface area contributed by atoms with E-state index < -0.39 is 23.5 Å². The second kappa shape index (κ2) is 6.23. The van der Waals surface area contributed by atoms with Crippen molar-refractivity contribution >= 4 is 23.3 Å². The normalized spacial score (nSPS) is 11.3. The maximum atomic E-state index is 14.6. The van der Waals surface area contributed by atoms with Gasteiger partial charge < -0.3 is 9.47 Å². The minimum atomic E-state index is -0.794. The first kappa shape index (κ1) is 16.7. The molecule has 0 saturated heterocycles. The molecule has 1 N–H and O–H groups in total. The molecule has 2 aromatic heterocycles. The number of esters is 1. The summed E-state index contributed by atoms with van der Waals surface area (Å²) in [5.41, 5.74) is -0.913. The Bertz CT molecular complexity index is 749. The van der Waals surface area contributed by atoms with Crippen LogP contribution in [0.25, 0.3) is 5.52 Å². The van der Waals surface area contributed by atoms with Crippen molar-refractivity contribution in [3.8, 4) is 0 Å². The van der Waals surface area contributed by atoms with E-state index in [2.05, 4.69) is 10.4 Å². The van der Waals surface area contributed by atoms with Crippen LogP contribution < -0.4 is 5.32 Å². The predicted molar refractivity (Wildman–Crippen MR) is 81.0 cm³/mol. The van der Waals surface area contributed by atoms with E-state index in [9.17, 15) is 14.0 Å². The lowest BCUT2D eigenvalue weighted by Crippen LogP contribution is -2.27. The summed E-state index contributed by atoms with van der Waals surface area (Å²) in [4.78, 5) is 23.6. The van der Waals surface area contributed by atoms with Crippen LogP contribution in [-0.2, 0) is 9.47 Å². The molecule has 0 aliphatic rings. The van der Waals surface area contributed by atoms with Crippen LogP contribution in [0, 0.1) is 5.82 Å². The number of anilines is 1. The smallest absolute Gasteiger partial charge is 0.412 e. The Morgan fingerprint density at radius 2 is 2.09 bits per heavy atom. The van der Waals surface area contributed by atoms with E-state index in [-0.39, 0.29) is 23.4 Å². The summed E-state index contributed by atoms with van der Waals surface area (Å²) in [6, 6.07) is 1.33. The molecule has 0 aromatic carbocycles. The van der Waals surface area contributed by atoms with Gasteiger partial charge in [0.2, 0.25) is 0 Å². The average Bonchev–Trinajstić information content (AvgIpc) is 2.85. The van der Waals surface area contributed by atoms with E-state index in [1.165, 1.54) is 23.0 Å². The van der Waals surface area contributed by atoms with Gasteiger partial charge in [-0.3, -0.25) is 5.32 Å². The number of aromatic nitrogens is 2. The maximum Gasteiger partial charge on any atom is 0.412 e. The van der Waals surface area contributed by atoms with Crippen molar-refractivity contribution in [2.75, 3.05) is 11.9 Å². The minimum Gasteiger partial charge on any atom is -0.462 e. The van der Waals surface area contributed by atoms with Crippen LogP contribution in [0.2, 0.25) is 0 Å². The van der Waals surface area contributed by atoms with Gasteiger partial charge in [-0.2, -0.15) is 5.10 Å². The van der Waals surface area contributed by atoms with Crippen molar-refractivity contribution < 1.29 is 23.5 Å². The zero-order valence-electron chi connectivity index (χ0n) is 13.3. The van der Waals surface area contributed by atoms with Gasteiger partial charge in [-0.15, -0.1) is 0 Å². The fraction of sp³-hybridized carbons (Fsp3) is 0.400. The number of ether oxygens (including phenoxy) is 2. The number of fused-ring (bicyclic) bond motifs is 1. The van der Waals surface area contributed by atoms with Crippen molar-refractivity contribution in [2.45, 2.75) is 33.3 Å². The van der Waals surface area contributed by atoms with E-state index in [4.69, 9.17) is 9.47 Å². The summed E-state index contributed by atoms with van der Waals surface area (Å²) in [5.74, 6) is -1.48. The topological polar surface area (TPSA) is 81.9 Å². The molecule has 8 heteroatoms. The zero-order chi connectivity index (χ0) is 17.2. The number of nitrogens with zero attached hydrogens (tertiary/aromatic N) is 2. The van der Waals surface area contributed by atoms with Crippen LogP contribution in [0.3, 0.4) is 0 Å². The maximum absolute atomic E-state index is 14.6. The third-order valence-corrected chi connectivity index (χ3v) is 2.75. The molecule has 124 valence electrons. The second-order valence-electron chi connectivity index (χ2n) is 5.74. The Balaban J connectivity index is 2.36. The number of pyridine rings is 1. The van der Waals surface area contributed by atoms with Gasteiger partial charge in [-0.25, -0.2) is 18.5 Å². The van der Waals surface area contributed by atoms with E-state index in [1.54, 1.807) is 27.7 Å². The quantitative estimate of drug-likeness (QED) is 0.878. The number of halogens is 1. The molecule has 1 amide bonds. The molecular formula is C15H18FN3O4. The minimum absolute atomic E-state index is 0.0165. The highest BCUT2D eigenvalue weighted by molar-refractivity contribution is 5.98. The molecular weight excluding hydrogens is 305 g/mol. The molecule has 7 nitrogen and oxygen atoms in total. The molecule has 0 radical (unpaired) electrons. The molecule has 0 aliphatic carbocycles. The van der Waals surface area contributed by atoms with E-state index in [0.717, 1.165) is 0 Å². The summed E-state index contributed by atoms with van der Waals surface area (Å²) in [7, 11) is 0. The van der Waals surface area contributed by atoms with Crippen molar-refractivity contribution in [3.05, 3.63) is 29.8 Å². The molecule has 0 bridgehead atoms. The predicted octanol–water partition coefficient (Wildman–Crippen LogP) is 3.00. The van der Waals surface area contributed by atoms with Crippen molar-refractivity contribution in [1.29, 1.82) is 0 Å². The van der Waals surface area contributed by atoms with Gasteiger partial charge in [0.25, 0.3) is 0 Å². The van der Waals surface area contributed by atoms with Gasteiger partial charge in [0, 0.05) is 6.20 Å². The summed E-state index contributed by atoms with van der Waals surface area (Å²) < 4.78 is 25.8.